The van der Waals surface area contributed by atoms with E-state index in [9.17, 15) is 19.8 Å². The molecule has 2 N–H and O–H groups in total. The van der Waals surface area contributed by atoms with Crippen LogP contribution in [0.5, 0.6) is 0 Å². The molecule has 5 nitrogen and oxygen atoms in total. The topological polar surface area (TPSA) is 83.8 Å². The number of aliphatic hydroxyl groups is 2. The summed E-state index contributed by atoms with van der Waals surface area (Å²) in [4.78, 5) is 28.1. The number of esters is 1. The van der Waals surface area contributed by atoms with E-state index in [1.165, 1.54) is 5.57 Å². The summed E-state index contributed by atoms with van der Waals surface area (Å²) in [6.45, 7) is 13.8. The predicted octanol–water partition coefficient (Wildman–Crippen LogP) is 7.04. The summed E-state index contributed by atoms with van der Waals surface area (Å²) >= 11 is 0. The quantitative estimate of drug-likeness (QED) is 0.376. The second kappa shape index (κ2) is 9.76. The molecule has 5 aliphatic rings. The molecule has 0 saturated heterocycles. The zero-order valence-electron chi connectivity index (χ0n) is 26.7. The van der Waals surface area contributed by atoms with E-state index in [1.807, 2.05) is 43.3 Å². The van der Waals surface area contributed by atoms with Crippen LogP contribution >= 0.6 is 0 Å². The molecule has 0 radical (unpaired) electrons. The Morgan fingerprint density at radius 3 is 2.31 bits per heavy atom. The normalized spacial score (nSPS) is 48.2. The number of carbonyl (C=O) groups is 2. The van der Waals surface area contributed by atoms with E-state index in [2.05, 4.69) is 34.6 Å². The van der Waals surface area contributed by atoms with Crippen LogP contribution in [0.1, 0.15) is 105 Å². The van der Waals surface area contributed by atoms with Gasteiger partial charge < -0.3 is 14.9 Å². The molecule has 0 heterocycles. The van der Waals surface area contributed by atoms with Gasteiger partial charge in [-0.05, 0) is 110 Å². The molecule has 0 bridgehead atoms. The minimum absolute atomic E-state index is 0.0518. The van der Waals surface area contributed by atoms with Crippen molar-refractivity contribution in [1.82, 2.24) is 0 Å². The van der Waals surface area contributed by atoms with Crippen LogP contribution in [0.3, 0.4) is 0 Å². The Kier molecular flexibility index (Phi) is 6.99. The Morgan fingerprint density at radius 2 is 1.62 bits per heavy atom. The number of hydrogen-bond donors (Lipinski definition) is 2. The van der Waals surface area contributed by atoms with E-state index in [-0.39, 0.29) is 64.4 Å². The first-order valence-electron chi connectivity index (χ1n) is 16.4. The van der Waals surface area contributed by atoms with Crippen LogP contribution in [-0.4, -0.2) is 34.7 Å². The third-order valence-electron chi connectivity index (χ3n) is 14.4. The fourth-order valence-electron chi connectivity index (χ4n) is 11.3. The maximum absolute atomic E-state index is 14.5. The van der Waals surface area contributed by atoms with Gasteiger partial charge in [0, 0.05) is 11.3 Å². The lowest BCUT2D eigenvalue weighted by Crippen LogP contribution is -2.67. The summed E-state index contributed by atoms with van der Waals surface area (Å²) in [6, 6.07) is 9.87. The highest BCUT2D eigenvalue weighted by Crippen LogP contribution is 2.75. The number of carbonyl (C=O) groups excluding carboxylic acids is 2. The van der Waals surface area contributed by atoms with Gasteiger partial charge in [0.15, 0.2) is 5.78 Å². The van der Waals surface area contributed by atoms with E-state index >= 15 is 0 Å². The van der Waals surface area contributed by atoms with Gasteiger partial charge in [0.25, 0.3) is 0 Å². The molecule has 1 unspecified atom stereocenters. The molecule has 0 aliphatic heterocycles. The van der Waals surface area contributed by atoms with Crippen LogP contribution in [0, 0.1) is 50.2 Å². The fourth-order valence-corrected chi connectivity index (χ4v) is 11.3. The first-order valence-corrected chi connectivity index (χ1v) is 16.4. The molecule has 1 aromatic carbocycles. The van der Waals surface area contributed by atoms with Gasteiger partial charge in [-0.1, -0.05) is 70.5 Å². The number of ketones is 1. The first kappa shape index (κ1) is 30.1. The van der Waals surface area contributed by atoms with Gasteiger partial charge in [0.1, 0.15) is 6.61 Å². The average molecular weight is 577 g/mol. The lowest BCUT2D eigenvalue weighted by atomic mass is 9.33. The van der Waals surface area contributed by atoms with Crippen LogP contribution in [0.15, 0.2) is 42.0 Å². The SMILES string of the molecule is C[C@]1(C(=O)OCc2ccccc2)CC[C@]2(C)CC[C@]3(C)C(=CC(=O)C4[C@@]5(C)CC[C@H](O)[C@@](C)(CO)[C@@H]5CC[C@]43C)[C@@H]2C1. The Bertz CT molecular complexity index is 1290. The van der Waals surface area contributed by atoms with Crippen LogP contribution in [-0.2, 0) is 20.9 Å². The van der Waals surface area contributed by atoms with Crippen LogP contribution in [0.2, 0.25) is 0 Å². The highest BCUT2D eigenvalue weighted by Gasteiger charge is 2.70. The molecule has 6 rings (SSSR count). The Labute approximate surface area is 252 Å². The van der Waals surface area contributed by atoms with Crippen molar-refractivity contribution >= 4 is 11.8 Å². The van der Waals surface area contributed by atoms with Gasteiger partial charge in [0.2, 0.25) is 0 Å². The van der Waals surface area contributed by atoms with E-state index in [1.54, 1.807) is 0 Å². The summed E-state index contributed by atoms with van der Waals surface area (Å²) < 4.78 is 5.92. The molecule has 10 atom stereocenters. The number of hydrogen-bond acceptors (Lipinski definition) is 5. The fraction of sp³-hybridized carbons (Fsp3) is 0.730. The predicted molar refractivity (Wildman–Crippen MR) is 163 cm³/mol. The lowest BCUT2D eigenvalue weighted by molar-refractivity contribution is -0.213. The largest absolute Gasteiger partial charge is 0.460 e. The standard InChI is InChI=1S/C37H52O5/c1-32-16-17-33(2,31(41)42-22-24-10-8-7-9-11-24)21-26(32)25-20-27(39)30-34(3)14-13-29(40)35(4,23-38)28(34)12-15-37(30,6)36(25,5)19-18-32/h7-11,20,26,28-30,38,40H,12-19,21-23H2,1-6H3/t26-,28+,29-,30?,32+,33-,34-,35-,36+,37+/m0/s1. The van der Waals surface area contributed by atoms with Crippen molar-refractivity contribution in [3.8, 4) is 0 Å². The van der Waals surface area contributed by atoms with E-state index < -0.39 is 16.9 Å². The minimum atomic E-state index is -0.587. The molecule has 5 heteroatoms. The molecule has 1 aromatic rings. The number of benzene rings is 1. The van der Waals surface area contributed by atoms with Gasteiger partial charge >= 0.3 is 5.97 Å². The summed E-state index contributed by atoms with van der Waals surface area (Å²) in [5, 5.41) is 21.5. The lowest BCUT2D eigenvalue weighted by Gasteiger charge is -2.70. The Hall–Kier alpha value is -1.98. The molecule has 0 spiro atoms. The third-order valence-corrected chi connectivity index (χ3v) is 14.4. The maximum Gasteiger partial charge on any atom is 0.312 e. The Balaban J connectivity index is 1.34. The van der Waals surface area contributed by atoms with E-state index in [0.29, 0.717) is 6.42 Å². The van der Waals surface area contributed by atoms with Crippen molar-refractivity contribution in [3.05, 3.63) is 47.5 Å². The highest BCUT2D eigenvalue weighted by atomic mass is 16.5. The average Bonchev–Trinajstić information content (AvgIpc) is 2.96. The molecule has 4 saturated carbocycles. The highest BCUT2D eigenvalue weighted by molar-refractivity contribution is 5.95. The van der Waals surface area contributed by atoms with Crippen LogP contribution < -0.4 is 0 Å². The van der Waals surface area contributed by atoms with Gasteiger partial charge in [0.05, 0.1) is 18.1 Å². The number of aliphatic hydroxyl groups excluding tert-OH is 2. The smallest absolute Gasteiger partial charge is 0.312 e. The zero-order chi connectivity index (χ0) is 30.3. The van der Waals surface area contributed by atoms with Gasteiger partial charge in [-0.25, -0.2) is 0 Å². The van der Waals surface area contributed by atoms with Gasteiger partial charge in [-0.2, -0.15) is 0 Å². The number of fused-ring (bicyclic) bond motifs is 7. The number of rotatable bonds is 4. The van der Waals surface area contributed by atoms with E-state index in [0.717, 1.165) is 56.9 Å². The van der Waals surface area contributed by atoms with Gasteiger partial charge in [-0.3, -0.25) is 9.59 Å². The molecule has 230 valence electrons. The maximum atomic E-state index is 14.5. The molecule has 5 aliphatic carbocycles. The van der Waals surface area contributed by atoms with Crippen LogP contribution in [0.4, 0.5) is 0 Å². The number of allylic oxidation sites excluding steroid dienone is 2. The molecule has 0 aromatic heterocycles. The third kappa shape index (κ3) is 4.01. The van der Waals surface area contributed by atoms with Crippen LogP contribution in [0.25, 0.3) is 0 Å². The molecular weight excluding hydrogens is 524 g/mol. The van der Waals surface area contributed by atoms with Crippen molar-refractivity contribution < 1.29 is 24.5 Å². The Morgan fingerprint density at radius 1 is 0.929 bits per heavy atom. The van der Waals surface area contributed by atoms with Crippen molar-refractivity contribution in [3.63, 3.8) is 0 Å². The second-order valence-electron chi connectivity index (χ2n) is 16.5. The van der Waals surface area contributed by atoms with Crippen molar-refractivity contribution in [2.75, 3.05) is 6.61 Å². The summed E-state index contributed by atoms with van der Waals surface area (Å²) in [5.74, 6) is 0.251. The minimum Gasteiger partial charge on any atom is -0.460 e. The van der Waals surface area contributed by atoms with Crippen molar-refractivity contribution in [1.29, 1.82) is 0 Å². The number of ether oxygens (including phenoxy) is 1. The molecular formula is C37H52O5. The molecule has 0 amide bonds. The zero-order valence-corrected chi connectivity index (χ0v) is 26.7. The monoisotopic (exact) mass is 576 g/mol. The molecule has 42 heavy (non-hydrogen) atoms. The van der Waals surface area contributed by atoms with Gasteiger partial charge in [-0.15, -0.1) is 0 Å². The second-order valence-corrected chi connectivity index (χ2v) is 16.5. The summed E-state index contributed by atoms with van der Waals surface area (Å²) in [5.41, 5.74) is 0.569. The van der Waals surface area contributed by atoms with Crippen molar-refractivity contribution in [2.45, 2.75) is 112 Å². The summed E-state index contributed by atoms with van der Waals surface area (Å²) in [7, 11) is 0. The summed E-state index contributed by atoms with van der Waals surface area (Å²) in [6.07, 6.45) is 9.42. The van der Waals surface area contributed by atoms with Crippen molar-refractivity contribution in [2.24, 2.45) is 50.2 Å². The molecule has 4 fully saturated rings. The van der Waals surface area contributed by atoms with E-state index in [4.69, 9.17) is 4.74 Å². The first-order chi connectivity index (χ1) is 19.7.